The van der Waals surface area contributed by atoms with Gasteiger partial charge in [-0.1, -0.05) is 40.7 Å². The Morgan fingerprint density at radius 2 is 1.42 bits per heavy atom. The third kappa shape index (κ3) is 13.7. The first-order valence-corrected chi connectivity index (χ1v) is 12.5. The van der Waals surface area contributed by atoms with Crippen LogP contribution in [-0.4, -0.2) is 68.1 Å². The highest BCUT2D eigenvalue weighted by molar-refractivity contribution is 5.74. The van der Waals surface area contributed by atoms with Gasteiger partial charge in [0.2, 0.25) is 0 Å². The molecule has 1 aromatic carbocycles. The number of carbonyl (C=O) groups is 4. The second kappa shape index (κ2) is 17.1. The van der Waals surface area contributed by atoms with Gasteiger partial charge in [-0.05, 0) is 49.3 Å². The molecular formula is C26H39NO11. The van der Waals surface area contributed by atoms with Crippen LogP contribution in [0, 0.1) is 11.8 Å². The van der Waals surface area contributed by atoms with Crippen LogP contribution in [0.3, 0.4) is 0 Å². The number of carbonyl (C=O) groups excluding carboxylic acids is 3. The molecule has 2 atom stereocenters. The molecule has 0 saturated carbocycles. The van der Waals surface area contributed by atoms with Gasteiger partial charge in [-0.2, -0.15) is 0 Å². The standard InChI is InChI=1S/C26H39NO11/c1-7-10-33-24(30)36-18(6)13-27-20(23(28)29)11-19-8-9-21(37-25(31)34-14-16(2)3)22(12-19)38-26(32)35-15-17(4)5/h8-9,12,16-18,20,27H,7,10-11,13-15H2,1-6H3,(H,28,29)/t18?,20-/m0/s1. The van der Waals surface area contributed by atoms with Gasteiger partial charge in [0.1, 0.15) is 12.1 Å². The van der Waals surface area contributed by atoms with Crippen molar-refractivity contribution in [1.29, 1.82) is 0 Å². The second-order valence-electron chi connectivity index (χ2n) is 9.43. The highest BCUT2D eigenvalue weighted by Crippen LogP contribution is 2.30. The molecular weight excluding hydrogens is 502 g/mol. The van der Waals surface area contributed by atoms with Crippen molar-refractivity contribution in [3.63, 3.8) is 0 Å². The van der Waals surface area contributed by atoms with Gasteiger partial charge >= 0.3 is 24.4 Å². The van der Waals surface area contributed by atoms with Crippen LogP contribution in [0.1, 0.15) is 53.5 Å². The van der Waals surface area contributed by atoms with E-state index in [1.807, 2.05) is 34.6 Å². The normalized spacial score (nSPS) is 12.4. The van der Waals surface area contributed by atoms with Crippen LogP contribution in [0.15, 0.2) is 18.2 Å². The summed E-state index contributed by atoms with van der Waals surface area (Å²) in [7, 11) is 0. The summed E-state index contributed by atoms with van der Waals surface area (Å²) in [4.78, 5) is 47.7. The molecule has 0 aliphatic carbocycles. The van der Waals surface area contributed by atoms with E-state index in [2.05, 4.69) is 5.32 Å². The van der Waals surface area contributed by atoms with E-state index in [4.69, 9.17) is 28.4 Å². The lowest BCUT2D eigenvalue weighted by Gasteiger charge is -2.19. The molecule has 0 aliphatic heterocycles. The molecule has 0 aromatic heterocycles. The second-order valence-corrected chi connectivity index (χ2v) is 9.43. The number of hydrogen-bond acceptors (Lipinski definition) is 11. The molecule has 38 heavy (non-hydrogen) atoms. The monoisotopic (exact) mass is 541 g/mol. The van der Waals surface area contributed by atoms with Crippen LogP contribution in [0.2, 0.25) is 0 Å². The fourth-order valence-electron chi connectivity index (χ4n) is 2.77. The lowest BCUT2D eigenvalue weighted by atomic mass is 10.0. The summed E-state index contributed by atoms with van der Waals surface area (Å²) in [6.07, 6.45) is -2.86. The summed E-state index contributed by atoms with van der Waals surface area (Å²) in [6, 6.07) is 3.19. The summed E-state index contributed by atoms with van der Waals surface area (Å²) < 4.78 is 30.4. The fraction of sp³-hybridized carbons (Fsp3) is 0.615. The number of carboxylic acids is 1. The molecule has 0 bridgehead atoms. The van der Waals surface area contributed by atoms with Crippen molar-refractivity contribution in [2.45, 2.75) is 66.5 Å². The molecule has 0 amide bonds. The maximum atomic E-state index is 12.2. The molecule has 1 unspecified atom stereocenters. The minimum Gasteiger partial charge on any atom is -0.480 e. The molecule has 12 heteroatoms. The van der Waals surface area contributed by atoms with Crippen LogP contribution < -0.4 is 14.8 Å². The third-order valence-electron chi connectivity index (χ3n) is 4.57. The maximum absolute atomic E-state index is 12.2. The molecule has 0 aliphatic rings. The number of benzene rings is 1. The molecule has 0 fully saturated rings. The summed E-state index contributed by atoms with van der Waals surface area (Å²) >= 11 is 0. The number of ether oxygens (including phenoxy) is 6. The topological polar surface area (TPSA) is 156 Å². The van der Waals surface area contributed by atoms with E-state index in [1.165, 1.54) is 18.2 Å². The van der Waals surface area contributed by atoms with Crippen molar-refractivity contribution in [2.75, 3.05) is 26.4 Å². The van der Waals surface area contributed by atoms with Gasteiger partial charge in [-0.3, -0.25) is 4.79 Å². The van der Waals surface area contributed by atoms with Crippen molar-refractivity contribution in [3.05, 3.63) is 23.8 Å². The maximum Gasteiger partial charge on any atom is 0.513 e. The summed E-state index contributed by atoms with van der Waals surface area (Å²) in [5, 5.41) is 12.5. The largest absolute Gasteiger partial charge is 0.513 e. The van der Waals surface area contributed by atoms with Crippen LogP contribution in [0.25, 0.3) is 0 Å². The zero-order valence-electron chi connectivity index (χ0n) is 22.8. The van der Waals surface area contributed by atoms with Gasteiger partial charge in [-0.15, -0.1) is 0 Å². The first-order valence-electron chi connectivity index (χ1n) is 12.5. The van der Waals surface area contributed by atoms with E-state index >= 15 is 0 Å². The van der Waals surface area contributed by atoms with Gasteiger partial charge in [0.25, 0.3) is 0 Å². The Morgan fingerprint density at radius 1 is 0.842 bits per heavy atom. The van der Waals surface area contributed by atoms with Crippen LogP contribution in [-0.2, 0) is 30.2 Å². The Hall–Kier alpha value is -3.54. The molecule has 1 aromatic rings. The first-order chi connectivity index (χ1) is 17.9. The van der Waals surface area contributed by atoms with E-state index in [0.717, 1.165) is 0 Å². The van der Waals surface area contributed by atoms with E-state index < -0.39 is 36.6 Å². The number of rotatable bonds is 15. The van der Waals surface area contributed by atoms with E-state index in [1.54, 1.807) is 6.92 Å². The Labute approximate surface area is 222 Å². The smallest absolute Gasteiger partial charge is 0.480 e. The highest BCUT2D eigenvalue weighted by Gasteiger charge is 2.22. The minimum absolute atomic E-state index is 0.0299. The van der Waals surface area contributed by atoms with Crippen molar-refractivity contribution in [3.8, 4) is 11.5 Å². The Bertz CT molecular complexity index is 916. The quantitative estimate of drug-likeness (QED) is 0.181. The third-order valence-corrected chi connectivity index (χ3v) is 4.57. The molecule has 214 valence electrons. The van der Waals surface area contributed by atoms with E-state index in [9.17, 15) is 24.3 Å². The van der Waals surface area contributed by atoms with Crippen LogP contribution in [0.4, 0.5) is 14.4 Å². The van der Waals surface area contributed by atoms with Gasteiger partial charge in [0.15, 0.2) is 11.5 Å². The lowest BCUT2D eigenvalue weighted by Crippen LogP contribution is -2.42. The number of hydrogen-bond donors (Lipinski definition) is 2. The molecule has 0 heterocycles. The fourth-order valence-corrected chi connectivity index (χ4v) is 2.77. The van der Waals surface area contributed by atoms with E-state index in [0.29, 0.717) is 12.0 Å². The van der Waals surface area contributed by atoms with E-state index in [-0.39, 0.29) is 56.1 Å². The minimum atomic E-state index is -1.15. The molecule has 12 nitrogen and oxygen atoms in total. The Kier molecular flexibility index (Phi) is 14.6. The molecule has 0 saturated heterocycles. The summed E-state index contributed by atoms with van der Waals surface area (Å²) in [5.74, 6) is -1.24. The molecule has 1 rings (SSSR count). The summed E-state index contributed by atoms with van der Waals surface area (Å²) in [5.41, 5.74) is 0.454. The highest BCUT2D eigenvalue weighted by atomic mass is 16.7. The predicted octanol–water partition coefficient (Wildman–Crippen LogP) is 4.57. The van der Waals surface area contributed by atoms with Crippen molar-refractivity contribution in [1.82, 2.24) is 5.32 Å². The predicted molar refractivity (Wildman–Crippen MR) is 135 cm³/mol. The Balaban J connectivity index is 2.96. The van der Waals surface area contributed by atoms with Gasteiger partial charge in [0.05, 0.1) is 19.8 Å². The lowest BCUT2D eigenvalue weighted by molar-refractivity contribution is -0.139. The van der Waals surface area contributed by atoms with Crippen molar-refractivity contribution < 1.29 is 52.7 Å². The van der Waals surface area contributed by atoms with Crippen molar-refractivity contribution in [2.24, 2.45) is 11.8 Å². The average Bonchev–Trinajstić information content (AvgIpc) is 2.83. The summed E-state index contributed by atoms with van der Waals surface area (Å²) in [6.45, 7) is 11.4. The van der Waals surface area contributed by atoms with Crippen LogP contribution >= 0.6 is 0 Å². The Morgan fingerprint density at radius 3 is 1.95 bits per heavy atom. The van der Waals surface area contributed by atoms with Gasteiger partial charge in [-0.25, -0.2) is 14.4 Å². The van der Waals surface area contributed by atoms with Crippen LogP contribution in [0.5, 0.6) is 11.5 Å². The molecule has 0 spiro atoms. The van der Waals surface area contributed by atoms with Gasteiger partial charge in [0, 0.05) is 6.54 Å². The van der Waals surface area contributed by atoms with Gasteiger partial charge < -0.3 is 38.8 Å². The zero-order chi connectivity index (χ0) is 28.7. The first kappa shape index (κ1) is 32.5. The number of carboxylic acid groups (broad SMARTS) is 1. The number of aliphatic carboxylic acids is 1. The number of nitrogens with one attached hydrogen (secondary N) is 1. The zero-order valence-corrected chi connectivity index (χ0v) is 22.8. The average molecular weight is 542 g/mol. The SMILES string of the molecule is CCCOC(=O)OC(C)CN[C@@H](Cc1ccc(OC(=O)OCC(C)C)c(OC(=O)OCC(C)C)c1)C(=O)O. The molecule has 2 N–H and O–H groups in total. The molecule has 0 radical (unpaired) electrons. The van der Waals surface area contributed by atoms with Crippen molar-refractivity contribution >= 4 is 24.4 Å².